The van der Waals surface area contributed by atoms with Crippen molar-refractivity contribution in [3.8, 4) is 5.75 Å². The summed E-state index contributed by atoms with van der Waals surface area (Å²) < 4.78 is 11.2. The fourth-order valence-electron chi connectivity index (χ4n) is 5.49. The number of hydrogen-bond acceptors (Lipinski definition) is 5. The van der Waals surface area contributed by atoms with Crippen molar-refractivity contribution in [2.45, 2.75) is 76.7 Å². The number of amides is 2. The van der Waals surface area contributed by atoms with Gasteiger partial charge in [0.05, 0.1) is 12.6 Å². The molecule has 48 heavy (non-hydrogen) atoms. The lowest BCUT2D eigenvalue weighted by atomic mass is 9.76. The second kappa shape index (κ2) is 16.1. The van der Waals surface area contributed by atoms with Gasteiger partial charge in [0, 0.05) is 5.69 Å². The molecule has 0 aromatic heterocycles. The first-order valence-electron chi connectivity index (χ1n) is 16.7. The molecule has 0 unspecified atom stereocenters. The molecule has 0 aliphatic heterocycles. The minimum Gasteiger partial charge on any atom is -0.544 e. The van der Waals surface area contributed by atoms with Crippen molar-refractivity contribution < 1.29 is 18.8 Å². The number of aryl methyl sites for hydroxylation is 1. The third kappa shape index (κ3) is 9.14. The van der Waals surface area contributed by atoms with Gasteiger partial charge >= 0.3 is 6.09 Å². The van der Waals surface area contributed by atoms with Crippen LogP contribution in [0.5, 0.6) is 5.75 Å². The van der Waals surface area contributed by atoms with E-state index in [1.807, 2.05) is 36.4 Å². The van der Waals surface area contributed by atoms with Gasteiger partial charge in [-0.3, -0.25) is 10.1 Å². The number of methoxy groups -OCH3 is 1. The van der Waals surface area contributed by atoms with Crippen LogP contribution in [0, 0.1) is 6.92 Å². The van der Waals surface area contributed by atoms with Gasteiger partial charge in [-0.05, 0) is 91.8 Å². The topological polar surface area (TPSA) is 88.7 Å². The van der Waals surface area contributed by atoms with Gasteiger partial charge in [0.1, 0.15) is 11.8 Å². The summed E-state index contributed by atoms with van der Waals surface area (Å²) in [5, 5.41) is 9.66. The van der Waals surface area contributed by atoms with Crippen molar-refractivity contribution in [2.75, 3.05) is 19.0 Å². The summed E-state index contributed by atoms with van der Waals surface area (Å²) in [6.07, 6.45) is 1.28. The van der Waals surface area contributed by atoms with Crippen molar-refractivity contribution in [1.29, 1.82) is 0 Å². The Morgan fingerprint density at radius 1 is 0.750 bits per heavy atom. The number of ether oxygens (including phenoxy) is 1. The fraction of sp³-hybridized carbons (Fsp3) is 0.350. The van der Waals surface area contributed by atoms with Gasteiger partial charge in [-0.1, -0.05) is 111 Å². The van der Waals surface area contributed by atoms with Crippen LogP contribution in [0.1, 0.15) is 62.3 Å². The lowest BCUT2D eigenvalue weighted by Gasteiger charge is -2.37. The Hall–Kier alpha value is -4.40. The van der Waals surface area contributed by atoms with Gasteiger partial charge < -0.3 is 19.8 Å². The molecule has 0 aliphatic carbocycles. The number of hydrogen-bond donors (Lipinski definition) is 3. The molecule has 3 N–H and O–H groups in total. The van der Waals surface area contributed by atoms with Crippen molar-refractivity contribution in [3.05, 3.63) is 131 Å². The molecule has 2 amide bonds. The van der Waals surface area contributed by atoms with Crippen molar-refractivity contribution >= 4 is 26.0 Å². The zero-order valence-corrected chi connectivity index (χ0v) is 30.4. The molecule has 0 saturated heterocycles. The molecule has 8 heteroatoms. The van der Waals surface area contributed by atoms with Crippen molar-refractivity contribution in [3.63, 3.8) is 0 Å². The van der Waals surface area contributed by atoms with E-state index in [4.69, 9.17) is 9.16 Å². The standard InChI is InChI=1S/C40H51N3O4Si/c1-30-21-23-33(24-22-30)40(31-16-10-8-11-17-31,32-18-12-9-13-19-32)41-29-15-14-20-36(43-38(45)46-5)37(44)42-34-25-27-35(28-26-34)47-48(6,7)39(2,3)4/h8-13,16-19,21-28,36,41H,14-15,20,29H2,1-7H3,(H,42,44)(H,43,45)/t36-/m0/s1. The van der Waals surface area contributed by atoms with Crippen LogP contribution in [0.4, 0.5) is 10.5 Å². The van der Waals surface area contributed by atoms with Crippen LogP contribution in [-0.2, 0) is 15.1 Å². The summed E-state index contributed by atoms with van der Waals surface area (Å²) in [7, 11) is -0.685. The minimum absolute atomic E-state index is 0.0768. The van der Waals surface area contributed by atoms with E-state index in [2.05, 4.69) is 130 Å². The number of nitrogens with one attached hydrogen (secondary N) is 3. The number of alkyl carbamates (subject to hydrolysis) is 1. The lowest BCUT2D eigenvalue weighted by molar-refractivity contribution is -0.118. The van der Waals surface area contributed by atoms with E-state index in [9.17, 15) is 9.59 Å². The van der Waals surface area contributed by atoms with Gasteiger partial charge in [-0.2, -0.15) is 0 Å². The maximum absolute atomic E-state index is 13.4. The zero-order chi connectivity index (χ0) is 34.8. The number of carbonyl (C=O) groups is 2. The van der Waals surface area contributed by atoms with Crippen LogP contribution in [0.3, 0.4) is 0 Å². The minimum atomic E-state index is -1.98. The van der Waals surface area contributed by atoms with E-state index < -0.39 is 26.0 Å². The Morgan fingerprint density at radius 3 is 1.81 bits per heavy atom. The molecule has 0 saturated carbocycles. The summed E-state index contributed by atoms with van der Waals surface area (Å²) in [5.41, 5.74) is 4.70. The molecule has 0 bridgehead atoms. The van der Waals surface area contributed by atoms with E-state index in [1.165, 1.54) is 12.7 Å². The highest BCUT2D eigenvalue weighted by molar-refractivity contribution is 6.74. The van der Waals surface area contributed by atoms with Gasteiger partial charge in [-0.25, -0.2) is 4.79 Å². The molecule has 0 aliphatic rings. The highest BCUT2D eigenvalue weighted by Crippen LogP contribution is 2.38. The second-order valence-electron chi connectivity index (χ2n) is 13.8. The highest BCUT2D eigenvalue weighted by atomic mass is 28.4. The van der Waals surface area contributed by atoms with E-state index in [-0.39, 0.29) is 10.9 Å². The molecule has 4 rings (SSSR count). The molecule has 0 fully saturated rings. The first-order valence-corrected chi connectivity index (χ1v) is 19.6. The van der Waals surface area contributed by atoms with E-state index in [1.54, 1.807) is 0 Å². The van der Waals surface area contributed by atoms with Crippen LogP contribution in [0.15, 0.2) is 109 Å². The number of anilines is 1. The number of carbonyl (C=O) groups excluding carboxylic acids is 2. The van der Waals surface area contributed by atoms with Crippen LogP contribution < -0.4 is 20.4 Å². The van der Waals surface area contributed by atoms with E-state index >= 15 is 0 Å². The Kier molecular flexibility index (Phi) is 12.2. The predicted molar refractivity (Wildman–Crippen MR) is 198 cm³/mol. The molecule has 7 nitrogen and oxygen atoms in total. The SMILES string of the molecule is COC(=O)N[C@@H](CCCCNC(c1ccccc1)(c1ccccc1)c1ccc(C)cc1)C(=O)Nc1ccc(O[Si](C)(C)C(C)(C)C)cc1. The lowest BCUT2D eigenvalue weighted by Crippen LogP contribution is -2.45. The van der Waals surface area contributed by atoms with Gasteiger partial charge in [0.15, 0.2) is 0 Å². The average molecular weight is 666 g/mol. The molecular formula is C40H51N3O4Si. The largest absolute Gasteiger partial charge is 0.544 e. The highest BCUT2D eigenvalue weighted by Gasteiger charge is 2.39. The monoisotopic (exact) mass is 665 g/mol. The van der Waals surface area contributed by atoms with Crippen LogP contribution >= 0.6 is 0 Å². The molecule has 4 aromatic carbocycles. The van der Waals surface area contributed by atoms with Crippen LogP contribution in [-0.4, -0.2) is 40.0 Å². The Labute approximate surface area is 287 Å². The Morgan fingerprint density at radius 2 is 1.29 bits per heavy atom. The summed E-state index contributed by atoms with van der Waals surface area (Å²) in [4.78, 5) is 25.6. The number of unbranched alkanes of at least 4 members (excludes halogenated alkanes) is 1. The van der Waals surface area contributed by atoms with E-state index in [0.29, 0.717) is 25.1 Å². The molecule has 0 heterocycles. The second-order valence-corrected chi connectivity index (χ2v) is 18.6. The van der Waals surface area contributed by atoms with Gasteiger partial charge in [-0.15, -0.1) is 0 Å². The molecule has 1 atom stereocenters. The van der Waals surface area contributed by atoms with Crippen LogP contribution in [0.25, 0.3) is 0 Å². The maximum atomic E-state index is 13.4. The zero-order valence-electron chi connectivity index (χ0n) is 29.4. The summed E-state index contributed by atoms with van der Waals surface area (Å²) >= 11 is 0. The van der Waals surface area contributed by atoms with Crippen molar-refractivity contribution in [2.24, 2.45) is 0 Å². The quantitative estimate of drug-likeness (QED) is 0.0712. The molecular weight excluding hydrogens is 615 g/mol. The maximum Gasteiger partial charge on any atom is 0.407 e. The first-order chi connectivity index (χ1) is 22.9. The number of benzene rings is 4. The molecule has 254 valence electrons. The van der Waals surface area contributed by atoms with Gasteiger partial charge in [0.25, 0.3) is 0 Å². The molecule has 0 radical (unpaired) electrons. The Balaban J connectivity index is 1.45. The first kappa shape index (κ1) is 36.4. The average Bonchev–Trinajstić information content (AvgIpc) is 3.07. The smallest absolute Gasteiger partial charge is 0.407 e. The number of rotatable bonds is 14. The summed E-state index contributed by atoms with van der Waals surface area (Å²) in [6.45, 7) is 13.8. The third-order valence-corrected chi connectivity index (χ3v) is 13.7. The molecule has 4 aromatic rings. The summed E-state index contributed by atoms with van der Waals surface area (Å²) in [5.74, 6) is 0.484. The third-order valence-electron chi connectivity index (χ3n) is 9.30. The fourth-order valence-corrected chi connectivity index (χ4v) is 6.52. The normalized spacial score (nSPS) is 12.6. The Bertz CT molecular complexity index is 1560. The van der Waals surface area contributed by atoms with Gasteiger partial charge in [0.2, 0.25) is 14.2 Å². The van der Waals surface area contributed by atoms with Crippen LogP contribution in [0.2, 0.25) is 18.1 Å². The molecule has 0 spiro atoms. The van der Waals surface area contributed by atoms with E-state index in [0.717, 1.165) is 28.9 Å². The predicted octanol–water partition coefficient (Wildman–Crippen LogP) is 8.79. The van der Waals surface area contributed by atoms with Crippen molar-refractivity contribution in [1.82, 2.24) is 10.6 Å². The summed E-state index contributed by atoms with van der Waals surface area (Å²) in [6, 6.07) is 36.3.